The zero-order chi connectivity index (χ0) is 15.7. The number of rotatable bonds is 4. The van der Waals surface area contributed by atoms with Crippen LogP contribution in [-0.2, 0) is 6.42 Å². The Labute approximate surface area is 134 Å². The minimum atomic E-state index is -2.46. The summed E-state index contributed by atoms with van der Waals surface area (Å²) in [5.41, 5.74) is 1.12. The molecule has 0 spiro atoms. The SMILES string of the molecule is CCCCc1nc(C)nc2sc(C3CCC(F)(F)CC3)cc12. The summed E-state index contributed by atoms with van der Waals surface area (Å²) in [5.74, 6) is -1.39. The molecular weight excluding hydrogens is 302 g/mol. The van der Waals surface area contributed by atoms with Gasteiger partial charge in [-0.25, -0.2) is 18.7 Å². The minimum absolute atomic E-state index is 0.0132. The molecule has 3 rings (SSSR count). The van der Waals surface area contributed by atoms with Crippen molar-refractivity contribution in [3.63, 3.8) is 0 Å². The number of fused-ring (bicyclic) bond motifs is 1. The number of halogens is 2. The fourth-order valence-electron chi connectivity index (χ4n) is 3.18. The molecule has 0 N–H and O–H groups in total. The number of aromatic nitrogens is 2. The van der Waals surface area contributed by atoms with Gasteiger partial charge in [0.1, 0.15) is 10.7 Å². The monoisotopic (exact) mass is 324 g/mol. The maximum atomic E-state index is 13.3. The van der Waals surface area contributed by atoms with E-state index in [1.165, 1.54) is 4.88 Å². The van der Waals surface area contributed by atoms with Gasteiger partial charge in [0.2, 0.25) is 5.92 Å². The Bertz CT molecular complexity index is 656. The Balaban J connectivity index is 1.89. The maximum absolute atomic E-state index is 13.3. The molecule has 1 saturated carbocycles. The second-order valence-corrected chi connectivity index (χ2v) is 7.38. The van der Waals surface area contributed by atoms with Crippen molar-refractivity contribution in [3.8, 4) is 0 Å². The molecular formula is C17H22F2N2S. The summed E-state index contributed by atoms with van der Waals surface area (Å²) < 4.78 is 26.7. The highest BCUT2D eigenvalue weighted by Gasteiger charge is 2.36. The van der Waals surface area contributed by atoms with Crippen LogP contribution in [0.15, 0.2) is 6.07 Å². The van der Waals surface area contributed by atoms with Crippen LogP contribution in [0.25, 0.3) is 10.2 Å². The van der Waals surface area contributed by atoms with Gasteiger partial charge in [-0.05, 0) is 44.6 Å². The average Bonchev–Trinajstić information content (AvgIpc) is 2.88. The zero-order valence-electron chi connectivity index (χ0n) is 13.2. The fraction of sp³-hybridized carbons (Fsp3) is 0.647. The number of aryl methyl sites for hydroxylation is 2. The summed E-state index contributed by atoms with van der Waals surface area (Å²) in [4.78, 5) is 11.4. The highest BCUT2D eigenvalue weighted by molar-refractivity contribution is 7.18. The second kappa shape index (κ2) is 6.19. The largest absolute Gasteiger partial charge is 0.248 e. The van der Waals surface area contributed by atoms with Gasteiger partial charge >= 0.3 is 0 Å². The molecule has 2 nitrogen and oxygen atoms in total. The molecule has 0 aliphatic heterocycles. The Morgan fingerprint density at radius 3 is 2.68 bits per heavy atom. The number of thiophene rings is 1. The van der Waals surface area contributed by atoms with E-state index in [0.29, 0.717) is 12.8 Å². The van der Waals surface area contributed by atoms with Crippen molar-refractivity contribution in [2.45, 2.75) is 70.6 Å². The van der Waals surface area contributed by atoms with Crippen LogP contribution in [0.3, 0.4) is 0 Å². The molecule has 0 aromatic carbocycles. The first kappa shape index (κ1) is 15.8. The number of alkyl halides is 2. The van der Waals surface area contributed by atoms with E-state index in [-0.39, 0.29) is 18.8 Å². The lowest BCUT2D eigenvalue weighted by Gasteiger charge is -2.27. The van der Waals surface area contributed by atoms with Gasteiger partial charge in [-0.3, -0.25) is 0 Å². The Hall–Kier alpha value is -1.10. The van der Waals surface area contributed by atoms with Gasteiger partial charge in [0, 0.05) is 23.1 Å². The van der Waals surface area contributed by atoms with E-state index in [0.717, 1.165) is 41.0 Å². The Morgan fingerprint density at radius 2 is 2.00 bits per heavy atom. The summed E-state index contributed by atoms with van der Waals surface area (Å²) in [5, 5.41) is 1.14. The van der Waals surface area contributed by atoms with Gasteiger partial charge in [-0.2, -0.15) is 0 Å². The van der Waals surface area contributed by atoms with E-state index in [1.54, 1.807) is 11.3 Å². The van der Waals surface area contributed by atoms with Gasteiger partial charge in [-0.15, -0.1) is 11.3 Å². The van der Waals surface area contributed by atoms with E-state index in [1.807, 2.05) is 6.92 Å². The highest BCUT2D eigenvalue weighted by atomic mass is 32.1. The lowest BCUT2D eigenvalue weighted by Crippen LogP contribution is -2.23. The normalized spacial score (nSPS) is 18.9. The third kappa shape index (κ3) is 3.29. The number of hydrogen-bond acceptors (Lipinski definition) is 3. The van der Waals surface area contributed by atoms with Crippen molar-refractivity contribution in [2.24, 2.45) is 0 Å². The predicted molar refractivity (Wildman–Crippen MR) is 86.9 cm³/mol. The molecule has 1 aliphatic rings. The number of unbranched alkanes of at least 4 members (excludes halogenated alkanes) is 1. The third-order valence-corrected chi connectivity index (χ3v) is 5.68. The van der Waals surface area contributed by atoms with Gasteiger partial charge < -0.3 is 0 Å². The summed E-state index contributed by atoms with van der Waals surface area (Å²) in [6.07, 6.45) is 4.41. The van der Waals surface area contributed by atoms with Crippen molar-refractivity contribution >= 4 is 21.6 Å². The molecule has 1 fully saturated rings. The lowest BCUT2D eigenvalue weighted by atomic mass is 9.86. The van der Waals surface area contributed by atoms with Crippen molar-refractivity contribution < 1.29 is 8.78 Å². The number of hydrogen-bond donors (Lipinski definition) is 0. The molecule has 2 heterocycles. The third-order valence-electron chi connectivity index (χ3n) is 4.49. The molecule has 0 bridgehead atoms. The smallest absolute Gasteiger partial charge is 0.238 e. The summed E-state index contributed by atoms with van der Waals surface area (Å²) in [6, 6.07) is 2.17. The van der Waals surface area contributed by atoms with Crippen LogP contribution in [0.4, 0.5) is 8.78 Å². The van der Waals surface area contributed by atoms with Crippen LogP contribution < -0.4 is 0 Å². The second-order valence-electron chi connectivity index (χ2n) is 6.32. The van der Waals surface area contributed by atoms with E-state index < -0.39 is 5.92 Å². The van der Waals surface area contributed by atoms with E-state index >= 15 is 0 Å². The van der Waals surface area contributed by atoms with Gasteiger partial charge in [0.05, 0.1) is 5.69 Å². The summed E-state index contributed by atoms with van der Waals surface area (Å²) >= 11 is 1.67. The van der Waals surface area contributed by atoms with Gasteiger partial charge in [-0.1, -0.05) is 13.3 Å². The Morgan fingerprint density at radius 1 is 1.27 bits per heavy atom. The maximum Gasteiger partial charge on any atom is 0.248 e. The molecule has 5 heteroatoms. The molecule has 2 aromatic heterocycles. The van der Waals surface area contributed by atoms with Crippen molar-refractivity contribution in [1.82, 2.24) is 9.97 Å². The number of nitrogens with zero attached hydrogens (tertiary/aromatic N) is 2. The summed E-state index contributed by atoms with van der Waals surface area (Å²) in [7, 11) is 0. The van der Waals surface area contributed by atoms with E-state index in [4.69, 9.17) is 0 Å². The molecule has 0 unspecified atom stereocenters. The zero-order valence-corrected chi connectivity index (χ0v) is 14.0. The summed E-state index contributed by atoms with van der Waals surface area (Å²) in [6.45, 7) is 4.10. The van der Waals surface area contributed by atoms with Crippen LogP contribution in [0.1, 0.15) is 67.8 Å². The quantitative estimate of drug-likeness (QED) is 0.728. The predicted octanol–water partition coefficient (Wildman–Crippen LogP) is 5.64. The molecule has 22 heavy (non-hydrogen) atoms. The van der Waals surface area contributed by atoms with Gasteiger partial charge in [0.15, 0.2) is 0 Å². The molecule has 0 radical (unpaired) electrons. The highest BCUT2D eigenvalue weighted by Crippen LogP contribution is 2.44. The van der Waals surface area contributed by atoms with E-state index in [2.05, 4.69) is 23.0 Å². The first-order chi connectivity index (χ1) is 10.5. The van der Waals surface area contributed by atoms with Crippen molar-refractivity contribution in [1.29, 1.82) is 0 Å². The standard InChI is InChI=1S/C17H22F2N2S/c1-3-4-5-14-13-10-15(22-16(13)21-11(2)20-14)12-6-8-17(18,19)9-7-12/h10,12H,3-9H2,1-2H3. The van der Waals surface area contributed by atoms with Crippen LogP contribution >= 0.6 is 11.3 Å². The van der Waals surface area contributed by atoms with Crippen LogP contribution in [0.2, 0.25) is 0 Å². The van der Waals surface area contributed by atoms with Gasteiger partial charge in [0.25, 0.3) is 0 Å². The Kier molecular flexibility index (Phi) is 4.44. The first-order valence-electron chi connectivity index (χ1n) is 8.13. The molecule has 2 aromatic rings. The molecule has 120 valence electrons. The average molecular weight is 324 g/mol. The van der Waals surface area contributed by atoms with Crippen LogP contribution in [-0.4, -0.2) is 15.9 Å². The van der Waals surface area contributed by atoms with E-state index in [9.17, 15) is 8.78 Å². The van der Waals surface area contributed by atoms with Crippen molar-refractivity contribution in [3.05, 3.63) is 22.5 Å². The van der Waals surface area contributed by atoms with Crippen LogP contribution in [0.5, 0.6) is 0 Å². The fourth-order valence-corrected chi connectivity index (χ4v) is 4.44. The molecule has 1 aliphatic carbocycles. The molecule has 0 amide bonds. The molecule has 0 atom stereocenters. The minimum Gasteiger partial charge on any atom is -0.238 e. The van der Waals surface area contributed by atoms with Crippen LogP contribution in [0, 0.1) is 6.92 Å². The lowest BCUT2D eigenvalue weighted by molar-refractivity contribution is -0.0379. The van der Waals surface area contributed by atoms with Crippen molar-refractivity contribution in [2.75, 3.05) is 0 Å². The molecule has 0 saturated heterocycles. The first-order valence-corrected chi connectivity index (χ1v) is 8.95. The topological polar surface area (TPSA) is 25.8 Å².